The van der Waals surface area contributed by atoms with Crippen LogP contribution in [0.25, 0.3) is 11.3 Å². The second-order valence-electron chi connectivity index (χ2n) is 10.8. The van der Waals surface area contributed by atoms with Crippen molar-refractivity contribution in [2.45, 2.75) is 37.5 Å². The minimum atomic E-state index is -0.345. The molecular weight excluding hydrogens is 524 g/mol. The molecule has 2 aliphatic rings. The zero-order valence-electron chi connectivity index (χ0n) is 24.9. The molecule has 0 aliphatic carbocycles. The van der Waals surface area contributed by atoms with E-state index in [1.54, 1.807) is 38.6 Å². The minimum Gasteiger partial charge on any atom is -0.441 e. The first-order chi connectivity index (χ1) is 19.8. The average Bonchev–Trinajstić information content (AvgIpc) is 3.10. The monoisotopic (exact) mass is 568 g/mol. The SMILES string of the molecule is COC[C@H](C)N1CCC(OC)(c2ccc(-c3ccc(N(C)CCN(C)C(=O)OC4COC4)cc[nH]nc3)nc2)CC1. The van der Waals surface area contributed by atoms with Gasteiger partial charge in [0.05, 0.1) is 37.3 Å². The van der Waals surface area contributed by atoms with Crippen LogP contribution in [0.15, 0.2) is 48.9 Å². The summed E-state index contributed by atoms with van der Waals surface area (Å²) in [6, 6.07) is 10.5. The smallest absolute Gasteiger partial charge is 0.410 e. The number of ether oxygens (including phenoxy) is 4. The van der Waals surface area contributed by atoms with E-state index in [1.165, 1.54) is 0 Å². The molecule has 4 rings (SSSR count). The molecule has 2 saturated heterocycles. The number of likely N-dealkylation sites (N-methyl/N-ethyl adjacent to an activating group) is 2. The number of rotatable bonds is 11. The summed E-state index contributed by atoms with van der Waals surface area (Å²) in [5.41, 5.74) is 3.39. The van der Waals surface area contributed by atoms with Gasteiger partial charge in [-0.1, -0.05) is 6.07 Å². The van der Waals surface area contributed by atoms with Gasteiger partial charge in [-0.05, 0) is 44.0 Å². The van der Waals surface area contributed by atoms with Gasteiger partial charge in [0.1, 0.15) is 0 Å². The van der Waals surface area contributed by atoms with E-state index in [1.807, 2.05) is 37.5 Å². The molecule has 0 aromatic carbocycles. The minimum absolute atomic E-state index is 0.136. The van der Waals surface area contributed by atoms with Crippen LogP contribution in [0.5, 0.6) is 0 Å². The van der Waals surface area contributed by atoms with E-state index in [0.717, 1.165) is 55.0 Å². The van der Waals surface area contributed by atoms with Gasteiger partial charge < -0.3 is 28.7 Å². The molecule has 11 heteroatoms. The van der Waals surface area contributed by atoms with Crippen molar-refractivity contribution >= 4 is 11.8 Å². The van der Waals surface area contributed by atoms with Crippen LogP contribution in [0.3, 0.4) is 0 Å². The fourth-order valence-corrected chi connectivity index (χ4v) is 5.10. The zero-order valence-corrected chi connectivity index (χ0v) is 24.9. The highest BCUT2D eigenvalue weighted by Gasteiger charge is 2.37. The summed E-state index contributed by atoms with van der Waals surface area (Å²) < 4.78 is 21.9. The number of carbonyl (C=O) groups is 1. The standard InChI is InChI=1S/C30H44N6O5/c1-23(20-38-4)36-14-11-30(39-5,12-15-36)25-7-9-28(31-19-25)24-6-8-26(10-13-32-33-18-24)34(2)16-17-35(3)29(37)41-27-21-40-22-27/h6-10,13,18-19,23,27,32H,11-12,14-17,20-22H2,1-5H3/t23-/m0/s1. The Labute approximate surface area is 243 Å². The van der Waals surface area contributed by atoms with Crippen molar-refractivity contribution in [3.05, 3.63) is 54.5 Å². The van der Waals surface area contributed by atoms with Gasteiger partial charge in [0.15, 0.2) is 6.10 Å². The summed E-state index contributed by atoms with van der Waals surface area (Å²) in [6.45, 7) is 6.91. The van der Waals surface area contributed by atoms with E-state index in [-0.39, 0.29) is 17.8 Å². The maximum atomic E-state index is 12.3. The van der Waals surface area contributed by atoms with Crippen LogP contribution in [-0.2, 0) is 24.5 Å². The number of hydrogen-bond donors (Lipinski definition) is 1. The number of nitrogens with one attached hydrogen (secondary N) is 1. The fourth-order valence-electron chi connectivity index (χ4n) is 5.10. The molecule has 1 atom stereocenters. The van der Waals surface area contributed by atoms with Crippen LogP contribution < -0.4 is 4.90 Å². The molecule has 41 heavy (non-hydrogen) atoms. The molecule has 4 heterocycles. The fraction of sp³-hybridized carbons (Fsp3) is 0.567. The third-order valence-electron chi connectivity index (χ3n) is 8.05. The van der Waals surface area contributed by atoms with Crippen molar-refractivity contribution in [2.75, 3.05) is 79.2 Å². The molecule has 2 aliphatic heterocycles. The van der Waals surface area contributed by atoms with E-state index in [9.17, 15) is 4.79 Å². The predicted octanol–water partition coefficient (Wildman–Crippen LogP) is 3.47. The van der Waals surface area contributed by atoms with Crippen LogP contribution in [0, 0.1) is 0 Å². The number of H-pyrrole nitrogens is 1. The first-order valence-electron chi connectivity index (χ1n) is 14.2. The zero-order chi connectivity index (χ0) is 29.2. The Bertz CT molecular complexity index is 1160. The molecule has 1 amide bonds. The van der Waals surface area contributed by atoms with Gasteiger partial charge in [-0.25, -0.2) is 4.79 Å². The highest BCUT2D eigenvalue weighted by molar-refractivity contribution is 5.67. The van der Waals surface area contributed by atoms with Gasteiger partial charge in [-0.2, -0.15) is 5.10 Å². The summed E-state index contributed by atoms with van der Waals surface area (Å²) in [4.78, 5) is 23.2. The summed E-state index contributed by atoms with van der Waals surface area (Å²) in [5.74, 6) is 0. The van der Waals surface area contributed by atoms with Gasteiger partial charge >= 0.3 is 6.09 Å². The Morgan fingerprint density at radius 1 is 1.12 bits per heavy atom. The number of nitrogens with zero attached hydrogens (tertiary/aromatic N) is 5. The van der Waals surface area contributed by atoms with Gasteiger partial charge in [0.2, 0.25) is 0 Å². The lowest BCUT2D eigenvalue weighted by Crippen LogP contribution is -2.48. The molecule has 224 valence electrons. The average molecular weight is 569 g/mol. The number of hydrogen-bond acceptors (Lipinski definition) is 9. The lowest BCUT2D eigenvalue weighted by Gasteiger charge is -2.43. The van der Waals surface area contributed by atoms with Crippen molar-refractivity contribution in [3.63, 3.8) is 0 Å². The Morgan fingerprint density at radius 3 is 2.54 bits per heavy atom. The second kappa shape index (κ2) is 14.6. The molecular formula is C30H44N6O5. The molecule has 0 unspecified atom stereocenters. The van der Waals surface area contributed by atoms with E-state index >= 15 is 0 Å². The number of anilines is 1. The number of carbonyl (C=O) groups excluding carboxylic acids is 1. The predicted molar refractivity (Wildman–Crippen MR) is 157 cm³/mol. The van der Waals surface area contributed by atoms with Crippen molar-refractivity contribution < 1.29 is 23.7 Å². The molecule has 0 spiro atoms. The molecule has 1 N–H and O–H groups in total. The van der Waals surface area contributed by atoms with E-state index in [4.69, 9.17) is 23.9 Å². The van der Waals surface area contributed by atoms with Crippen LogP contribution in [0.4, 0.5) is 10.5 Å². The molecule has 0 saturated carbocycles. The Balaban J connectivity index is 1.42. The highest BCUT2D eigenvalue weighted by atomic mass is 16.6. The molecule has 0 radical (unpaired) electrons. The first-order valence-corrected chi connectivity index (χ1v) is 14.2. The van der Waals surface area contributed by atoms with Crippen molar-refractivity contribution in [2.24, 2.45) is 0 Å². The summed E-state index contributed by atoms with van der Waals surface area (Å²) in [7, 11) is 7.27. The van der Waals surface area contributed by atoms with E-state index in [2.05, 4.69) is 33.0 Å². The molecule has 2 aromatic rings. The van der Waals surface area contributed by atoms with Crippen molar-refractivity contribution in [1.82, 2.24) is 25.0 Å². The van der Waals surface area contributed by atoms with Crippen molar-refractivity contribution in [3.8, 4) is 11.3 Å². The highest BCUT2D eigenvalue weighted by Crippen LogP contribution is 2.37. The van der Waals surface area contributed by atoms with Crippen molar-refractivity contribution in [1.29, 1.82) is 0 Å². The number of amides is 1. The summed E-state index contributed by atoms with van der Waals surface area (Å²) >= 11 is 0. The van der Waals surface area contributed by atoms with Gasteiger partial charge in [-0.3, -0.25) is 15.0 Å². The molecule has 2 aromatic heterocycles. The normalized spacial score (nSPS) is 17.7. The Hall–Kier alpha value is -3.25. The summed E-state index contributed by atoms with van der Waals surface area (Å²) in [6.07, 6.45) is 6.81. The third-order valence-corrected chi connectivity index (χ3v) is 8.05. The lowest BCUT2D eigenvalue weighted by molar-refractivity contribution is -0.103. The van der Waals surface area contributed by atoms with Gasteiger partial charge in [-0.15, -0.1) is 0 Å². The molecule has 2 fully saturated rings. The number of aromatic nitrogens is 3. The molecule has 0 bridgehead atoms. The largest absolute Gasteiger partial charge is 0.441 e. The number of likely N-dealkylation sites (tertiary alicyclic amines) is 1. The van der Waals surface area contributed by atoms with Gasteiger partial charge in [0, 0.05) is 89.7 Å². The van der Waals surface area contributed by atoms with Crippen LogP contribution >= 0.6 is 0 Å². The maximum Gasteiger partial charge on any atom is 0.410 e. The van der Waals surface area contributed by atoms with Crippen LogP contribution in [0.2, 0.25) is 0 Å². The maximum absolute atomic E-state index is 12.3. The number of aromatic amines is 1. The first kappa shape index (κ1) is 30.7. The van der Waals surface area contributed by atoms with Gasteiger partial charge in [0.25, 0.3) is 0 Å². The second-order valence-corrected chi connectivity index (χ2v) is 10.8. The third kappa shape index (κ3) is 7.94. The lowest BCUT2D eigenvalue weighted by atomic mass is 9.84. The summed E-state index contributed by atoms with van der Waals surface area (Å²) in [5, 5.41) is 7.27. The Morgan fingerprint density at radius 2 is 1.90 bits per heavy atom. The van der Waals surface area contributed by atoms with E-state index < -0.39 is 0 Å². The number of pyridine rings is 1. The number of piperidine rings is 1. The quantitative estimate of drug-likeness (QED) is 0.436. The Kier molecular flexibility index (Phi) is 10.9. The van der Waals surface area contributed by atoms with E-state index in [0.29, 0.717) is 32.3 Å². The topological polar surface area (TPSA) is 105 Å². The molecule has 11 nitrogen and oxygen atoms in total. The number of methoxy groups -OCH3 is 2. The van der Waals surface area contributed by atoms with Crippen LogP contribution in [0.1, 0.15) is 25.3 Å². The van der Waals surface area contributed by atoms with Crippen LogP contribution in [-0.4, -0.2) is 118 Å².